The van der Waals surface area contributed by atoms with Crippen LogP contribution in [0.1, 0.15) is 19.7 Å². The SMILES string of the molecule is Cc1nc2c(F)cc(Nc3n[nH]c4cc(N5CC(C)NC(C)C5)cc(F)c34)cn2n1. The Hall–Kier alpha value is -3.27. The number of aromatic amines is 1. The lowest BCUT2D eigenvalue weighted by atomic mass is 10.1. The average molecular weight is 412 g/mol. The van der Waals surface area contributed by atoms with Crippen molar-refractivity contribution in [2.45, 2.75) is 32.9 Å². The van der Waals surface area contributed by atoms with E-state index >= 15 is 4.39 Å². The van der Waals surface area contributed by atoms with Gasteiger partial charge in [0.05, 0.1) is 22.8 Å². The Morgan fingerprint density at radius 1 is 1.10 bits per heavy atom. The molecular weight excluding hydrogens is 390 g/mol. The summed E-state index contributed by atoms with van der Waals surface area (Å²) < 4.78 is 30.8. The molecule has 10 heteroatoms. The van der Waals surface area contributed by atoms with Crippen molar-refractivity contribution in [2.24, 2.45) is 0 Å². The first-order valence-electron chi connectivity index (χ1n) is 9.85. The number of anilines is 3. The van der Waals surface area contributed by atoms with Crippen LogP contribution in [0, 0.1) is 18.6 Å². The van der Waals surface area contributed by atoms with Crippen molar-refractivity contribution in [3.05, 3.63) is 41.9 Å². The third-order valence-electron chi connectivity index (χ3n) is 5.28. The predicted molar refractivity (Wildman–Crippen MR) is 111 cm³/mol. The number of hydrogen-bond acceptors (Lipinski definition) is 6. The molecule has 0 spiro atoms. The van der Waals surface area contributed by atoms with E-state index in [2.05, 4.69) is 49.7 Å². The number of fused-ring (bicyclic) bond motifs is 2. The highest BCUT2D eigenvalue weighted by Gasteiger charge is 2.23. The molecule has 0 saturated carbocycles. The smallest absolute Gasteiger partial charge is 0.191 e. The fourth-order valence-corrected chi connectivity index (χ4v) is 4.16. The van der Waals surface area contributed by atoms with Crippen LogP contribution in [0.5, 0.6) is 0 Å². The summed E-state index contributed by atoms with van der Waals surface area (Å²) >= 11 is 0. The van der Waals surface area contributed by atoms with E-state index in [4.69, 9.17) is 0 Å². The topological polar surface area (TPSA) is 86.2 Å². The van der Waals surface area contributed by atoms with Crippen LogP contribution in [0.2, 0.25) is 0 Å². The normalized spacial score (nSPS) is 19.7. The Morgan fingerprint density at radius 3 is 2.63 bits per heavy atom. The molecule has 2 atom stereocenters. The van der Waals surface area contributed by atoms with Gasteiger partial charge in [-0.25, -0.2) is 18.3 Å². The van der Waals surface area contributed by atoms with E-state index in [0.29, 0.717) is 34.5 Å². The first kappa shape index (κ1) is 18.7. The van der Waals surface area contributed by atoms with Crippen molar-refractivity contribution in [2.75, 3.05) is 23.3 Å². The lowest BCUT2D eigenvalue weighted by Crippen LogP contribution is -2.54. The Morgan fingerprint density at radius 2 is 1.87 bits per heavy atom. The van der Waals surface area contributed by atoms with Gasteiger partial charge < -0.3 is 15.5 Å². The Bertz CT molecular complexity index is 1240. The summed E-state index contributed by atoms with van der Waals surface area (Å²) in [6.07, 6.45) is 1.59. The van der Waals surface area contributed by atoms with E-state index in [9.17, 15) is 4.39 Å². The second-order valence-electron chi connectivity index (χ2n) is 7.93. The molecule has 2 unspecified atom stereocenters. The van der Waals surface area contributed by atoms with Crippen LogP contribution in [0.25, 0.3) is 16.6 Å². The van der Waals surface area contributed by atoms with Gasteiger partial charge in [0.25, 0.3) is 0 Å². The largest absolute Gasteiger partial charge is 0.368 e. The molecule has 1 aliphatic heterocycles. The van der Waals surface area contributed by atoms with Crippen molar-refractivity contribution >= 4 is 33.7 Å². The summed E-state index contributed by atoms with van der Waals surface area (Å²) in [5.74, 6) is -0.168. The van der Waals surface area contributed by atoms with Crippen molar-refractivity contribution in [1.29, 1.82) is 0 Å². The zero-order chi connectivity index (χ0) is 21.0. The second-order valence-corrected chi connectivity index (χ2v) is 7.93. The van der Waals surface area contributed by atoms with Gasteiger partial charge in [-0.2, -0.15) is 10.2 Å². The minimum Gasteiger partial charge on any atom is -0.368 e. The molecule has 4 aromatic rings. The third-order valence-corrected chi connectivity index (χ3v) is 5.28. The van der Waals surface area contributed by atoms with E-state index in [1.54, 1.807) is 13.1 Å². The number of hydrogen-bond donors (Lipinski definition) is 3. The van der Waals surface area contributed by atoms with Crippen molar-refractivity contribution < 1.29 is 8.78 Å². The van der Waals surface area contributed by atoms with Gasteiger partial charge in [0.2, 0.25) is 0 Å². The standard InChI is InChI=1S/C20H22F2N8/c1-10-7-29(8-11(2)23-10)14-5-15(21)18-17(6-14)26-27-19(18)25-13-4-16(22)20-24-12(3)28-30(20)9-13/h4-6,9-11,23H,7-8H2,1-3H3,(H2,25,26,27). The van der Waals surface area contributed by atoms with Gasteiger partial charge in [-0.3, -0.25) is 5.10 Å². The maximum atomic E-state index is 15.1. The van der Waals surface area contributed by atoms with Crippen molar-refractivity contribution in [3.63, 3.8) is 0 Å². The third kappa shape index (κ3) is 3.22. The van der Waals surface area contributed by atoms with Crippen LogP contribution >= 0.6 is 0 Å². The van der Waals surface area contributed by atoms with E-state index in [1.807, 2.05) is 6.07 Å². The first-order valence-corrected chi connectivity index (χ1v) is 9.85. The number of H-pyrrole nitrogens is 1. The maximum absolute atomic E-state index is 15.1. The molecule has 3 N–H and O–H groups in total. The lowest BCUT2D eigenvalue weighted by Gasteiger charge is -2.37. The van der Waals surface area contributed by atoms with E-state index in [-0.39, 0.29) is 11.5 Å². The molecule has 5 rings (SSSR count). The molecule has 0 bridgehead atoms. The molecule has 30 heavy (non-hydrogen) atoms. The highest BCUT2D eigenvalue weighted by molar-refractivity contribution is 5.94. The van der Waals surface area contributed by atoms with Crippen LogP contribution in [-0.2, 0) is 0 Å². The van der Waals surface area contributed by atoms with Gasteiger partial charge in [-0.1, -0.05) is 0 Å². The fraction of sp³-hybridized carbons (Fsp3) is 0.350. The molecule has 1 aliphatic rings. The molecule has 1 fully saturated rings. The molecule has 3 aromatic heterocycles. The lowest BCUT2D eigenvalue weighted by molar-refractivity contribution is 0.407. The molecule has 1 aromatic carbocycles. The summed E-state index contributed by atoms with van der Waals surface area (Å²) in [6.45, 7) is 7.51. The number of benzene rings is 1. The monoisotopic (exact) mass is 412 g/mol. The highest BCUT2D eigenvalue weighted by atomic mass is 19.1. The van der Waals surface area contributed by atoms with Crippen LogP contribution in [0.3, 0.4) is 0 Å². The maximum Gasteiger partial charge on any atom is 0.191 e. The number of halogens is 2. The van der Waals surface area contributed by atoms with Crippen molar-refractivity contribution in [3.8, 4) is 0 Å². The molecule has 1 saturated heterocycles. The fourth-order valence-electron chi connectivity index (χ4n) is 4.16. The molecular formula is C20H22F2N8. The average Bonchev–Trinajstić information content (AvgIpc) is 3.24. The Kier molecular flexibility index (Phi) is 4.31. The number of aromatic nitrogens is 5. The van der Waals surface area contributed by atoms with Gasteiger partial charge in [-0.05, 0) is 32.9 Å². The summed E-state index contributed by atoms with van der Waals surface area (Å²) in [7, 11) is 0. The molecule has 0 amide bonds. The van der Waals surface area contributed by atoms with Gasteiger partial charge in [0, 0.05) is 36.9 Å². The molecule has 0 aliphatic carbocycles. The van der Waals surface area contributed by atoms with Crippen LogP contribution < -0.4 is 15.5 Å². The summed E-state index contributed by atoms with van der Waals surface area (Å²) in [4.78, 5) is 6.20. The molecule has 4 heterocycles. The quantitative estimate of drug-likeness (QED) is 0.479. The van der Waals surface area contributed by atoms with E-state index in [0.717, 1.165) is 18.8 Å². The van der Waals surface area contributed by atoms with Crippen LogP contribution in [-0.4, -0.2) is 50.0 Å². The Labute approximate surface area is 171 Å². The molecule has 156 valence electrons. The van der Waals surface area contributed by atoms with E-state index < -0.39 is 11.6 Å². The second kappa shape index (κ2) is 6.91. The number of nitrogens with one attached hydrogen (secondary N) is 3. The number of rotatable bonds is 3. The zero-order valence-electron chi connectivity index (χ0n) is 16.9. The summed E-state index contributed by atoms with van der Waals surface area (Å²) in [5, 5.41) is 18.0. The Balaban J connectivity index is 1.49. The van der Waals surface area contributed by atoms with Gasteiger partial charge >= 0.3 is 0 Å². The van der Waals surface area contributed by atoms with Crippen molar-refractivity contribution in [1.82, 2.24) is 30.1 Å². The molecule has 0 radical (unpaired) electrons. The summed E-state index contributed by atoms with van der Waals surface area (Å²) in [6, 6.07) is 5.35. The van der Waals surface area contributed by atoms with E-state index in [1.165, 1.54) is 16.6 Å². The number of pyridine rings is 1. The minimum absolute atomic E-state index is 0.139. The number of nitrogens with zero attached hydrogens (tertiary/aromatic N) is 5. The number of piperazine rings is 1. The van der Waals surface area contributed by atoms with Crippen LogP contribution in [0.4, 0.5) is 26.0 Å². The van der Waals surface area contributed by atoms with Gasteiger partial charge in [0.1, 0.15) is 11.6 Å². The van der Waals surface area contributed by atoms with Gasteiger partial charge in [0.15, 0.2) is 17.3 Å². The van der Waals surface area contributed by atoms with Gasteiger partial charge in [-0.15, -0.1) is 0 Å². The number of aryl methyl sites for hydroxylation is 1. The minimum atomic E-state index is -0.523. The highest BCUT2D eigenvalue weighted by Crippen LogP contribution is 2.31. The predicted octanol–water partition coefficient (Wildman–Crippen LogP) is 3.12. The summed E-state index contributed by atoms with van der Waals surface area (Å²) in [5.41, 5.74) is 1.91. The zero-order valence-corrected chi connectivity index (χ0v) is 16.9. The molecule has 8 nitrogen and oxygen atoms in total. The first-order chi connectivity index (χ1) is 14.4. The van der Waals surface area contributed by atoms with Crippen LogP contribution in [0.15, 0.2) is 24.4 Å².